The Morgan fingerprint density at radius 2 is 1.71 bits per heavy atom. The fourth-order valence-corrected chi connectivity index (χ4v) is 2.24. The Hall–Kier alpha value is -0.780. The lowest BCUT2D eigenvalue weighted by atomic mass is 9.84. The summed E-state index contributed by atoms with van der Waals surface area (Å²) >= 11 is 0. The van der Waals surface area contributed by atoms with E-state index in [2.05, 4.69) is 47.3 Å². The molecule has 98 valence electrons. The molecule has 0 fully saturated rings. The molecule has 0 saturated heterocycles. The van der Waals surface area contributed by atoms with Gasteiger partial charge in [-0.15, -0.1) is 0 Å². The molecule has 0 aromatic rings. The molecule has 1 atom stereocenters. The molecule has 0 heteroatoms. The van der Waals surface area contributed by atoms with Gasteiger partial charge in [0.1, 0.15) is 0 Å². The lowest BCUT2D eigenvalue weighted by Crippen LogP contribution is -2.06. The minimum absolute atomic E-state index is 0.716. The molecule has 0 aliphatic heterocycles. The average Bonchev–Trinajstić information content (AvgIpc) is 2.31. The summed E-state index contributed by atoms with van der Waals surface area (Å²) in [5.41, 5.74) is 4.39. The van der Waals surface area contributed by atoms with Crippen molar-refractivity contribution in [3.8, 4) is 0 Å². The molecular weight excluding hydrogens is 204 g/mol. The van der Waals surface area contributed by atoms with E-state index >= 15 is 0 Å². The van der Waals surface area contributed by atoms with Gasteiger partial charge < -0.3 is 0 Å². The molecule has 0 amide bonds. The third-order valence-electron chi connectivity index (χ3n) is 3.46. The SMILES string of the molecule is C=C/C=C(\C(C)=C(C)C)C(CCC)CCCC. The van der Waals surface area contributed by atoms with Crippen molar-refractivity contribution in [2.24, 2.45) is 5.92 Å². The topological polar surface area (TPSA) is 0 Å². The predicted octanol–water partition coefficient (Wildman–Crippen LogP) is 6.06. The quantitative estimate of drug-likeness (QED) is 0.448. The zero-order valence-corrected chi connectivity index (χ0v) is 12.5. The van der Waals surface area contributed by atoms with Crippen LogP contribution in [0.15, 0.2) is 35.5 Å². The lowest BCUT2D eigenvalue weighted by Gasteiger charge is -2.21. The highest BCUT2D eigenvalue weighted by atomic mass is 14.2. The third-order valence-corrected chi connectivity index (χ3v) is 3.46. The van der Waals surface area contributed by atoms with Crippen molar-refractivity contribution in [3.05, 3.63) is 35.5 Å². The summed E-state index contributed by atoms with van der Waals surface area (Å²) < 4.78 is 0. The molecule has 0 nitrogen and oxygen atoms in total. The summed E-state index contributed by atoms with van der Waals surface area (Å²) in [5.74, 6) is 0.716. The van der Waals surface area contributed by atoms with Crippen LogP contribution in [0.2, 0.25) is 0 Å². The summed E-state index contributed by atoms with van der Waals surface area (Å²) in [7, 11) is 0. The first kappa shape index (κ1) is 16.2. The van der Waals surface area contributed by atoms with Gasteiger partial charge in [0.2, 0.25) is 0 Å². The van der Waals surface area contributed by atoms with Crippen molar-refractivity contribution >= 4 is 0 Å². The highest BCUT2D eigenvalue weighted by molar-refractivity contribution is 5.36. The Balaban J connectivity index is 5.03. The van der Waals surface area contributed by atoms with Crippen LogP contribution >= 0.6 is 0 Å². The first-order valence-electron chi connectivity index (χ1n) is 7.05. The molecule has 0 bridgehead atoms. The van der Waals surface area contributed by atoms with Crippen molar-refractivity contribution in [3.63, 3.8) is 0 Å². The first-order valence-corrected chi connectivity index (χ1v) is 7.05. The molecule has 17 heavy (non-hydrogen) atoms. The fourth-order valence-electron chi connectivity index (χ4n) is 2.24. The Morgan fingerprint density at radius 3 is 2.12 bits per heavy atom. The van der Waals surface area contributed by atoms with Gasteiger partial charge in [-0.3, -0.25) is 0 Å². The molecule has 0 saturated carbocycles. The van der Waals surface area contributed by atoms with Gasteiger partial charge >= 0.3 is 0 Å². The normalized spacial score (nSPS) is 13.4. The smallest absolute Gasteiger partial charge is 0.0159 e. The molecule has 0 N–H and O–H groups in total. The van der Waals surface area contributed by atoms with Crippen molar-refractivity contribution in [2.45, 2.75) is 66.7 Å². The van der Waals surface area contributed by atoms with E-state index in [9.17, 15) is 0 Å². The van der Waals surface area contributed by atoms with Crippen molar-refractivity contribution in [1.82, 2.24) is 0 Å². The molecule has 0 aromatic heterocycles. The molecule has 1 unspecified atom stereocenters. The fraction of sp³-hybridized carbons (Fsp3) is 0.647. The van der Waals surface area contributed by atoms with Gasteiger partial charge in [0.25, 0.3) is 0 Å². The molecule has 0 rings (SSSR count). The van der Waals surface area contributed by atoms with Gasteiger partial charge in [-0.2, -0.15) is 0 Å². The maximum Gasteiger partial charge on any atom is -0.0159 e. The summed E-state index contributed by atoms with van der Waals surface area (Å²) in [6.07, 6.45) is 10.6. The van der Waals surface area contributed by atoms with E-state index in [1.165, 1.54) is 48.8 Å². The highest BCUT2D eigenvalue weighted by Crippen LogP contribution is 2.30. The molecule has 0 radical (unpaired) electrons. The minimum Gasteiger partial charge on any atom is -0.0991 e. The number of unbranched alkanes of at least 4 members (excludes halogenated alkanes) is 1. The first-order chi connectivity index (χ1) is 8.08. The molecule has 0 heterocycles. The molecule has 0 spiro atoms. The van der Waals surface area contributed by atoms with Gasteiger partial charge in [-0.25, -0.2) is 0 Å². The van der Waals surface area contributed by atoms with Crippen LogP contribution in [-0.2, 0) is 0 Å². The van der Waals surface area contributed by atoms with Gasteiger partial charge in [0.05, 0.1) is 0 Å². The van der Waals surface area contributed by atoms with Gasteiger partial charge in [0, 0.05) is 0 Å². The van der Waals surface area contributed by atoms with Crippen LogP contribution in [-0.4, -0.2) is 0 Å². The van der Waals surface area contributed by atoms with E-state index in [1.54, 1.807) is 0 Å². The highest BCUT2D eigenvalue weighted by Gasteiger charge is 2.14. The summed E-state index contributed by atoms with van der Waals surface area (Å²) in [6.45, 7) is 15.1. The third kappa shape index (κ3) is 5.91. The van der Waals surface area contributed by atoms with E-state index in [0.717, 1.165) is 0 Å². The van der Waals surface area contributed by atoms with Gasteiger partial charge in [-0.05, 0) is 50.7 Å². The Labute approximate surface area is 109 Å². The van der Waals surface area contributed by atoms with Crippen molar-refractivity contribution < 1.29 is 0 Å². The second-order valence-corrected chi connectivity index (χ2v) is 5.11. The second-order valence-electron chi connectivity index (χ2n) is 5.11. The van der Waals surface area contributed by atoms with Crippen molar-refractivity contribution in [1.29, 1.82) is 0 Å². The monoisotopic (exact) mass is 234 g/mol. The van der Waals surface area contributed by atoms with Crippen LogP contribution in [0.3, 0.4) is 0 Å². The summed E-state index contributed by atoms with van der Waals surface area (Å²) in [5, 5.41) is 0. The summed E-state index contributed by atoms with van der Waals surface area (Å²) in [6, 6.07) is 0. The predicted molar refractivity (Wildman–Crippen MR) is 80.3 cm³/mol. The van der Waals surface area contributed by atoms with E-state index in [1.807, 2.05) is 6.08 Å². The largest absolute Gasteiger partial charge is 0.0991 e. The number of rotatable bonds is 8. The van der Waals surface area contributed by atoms with Gasteiger partial charge in [0.15, 0.2) is 0 Å². The molecule has 0 aliphatic carbocycles. The van der Waals surface area contributed by atoms with E-state index in [-0.39, 0.29) is 0 Å². The van der Waals surface area contributed by atoms with E-state index in [4.69, 9.17) is 0 Å². The maximum absolute atomic E-state index is 3.87. The van der Waals surface area contributed by atoms with Crippen LogP contribution in [0.25, 0.3) is 0 Å². The maximum atomic E-state index is 3.87. The van der Waals surface area contributed by atoms with Crippen LogP contribution in [0.5, 0.6) is 0 Å². The van der Waals surface area contributed by atoms with Crippen molar-refractivity contribution in [2.75, 3.05) is 0 Å². The second kappa shape index (κ2) is 9.27. The molecule has 0 aromatic carbocycles. The van der Waals surface area contributed by atoms with Crippen LogP contribution in [0.4, 0.5) is 0 Å². The van der Waals surface area contributed by atoms with E-state index < -0.39 is 0 Å². The standard InChI is InChI=1S/C17H30/c1-7-10-13-16(11-8-2)17(12-9-3)15(6)14(4)5/h9,12,16H,3,7-8,10-11,13H2,1-2,4-6H3/b17-12+. The Kier molecular flexibility index (Phi) is 8.85. The minimum atomic E-state index is 0.716. The molecular formula is C17H30. The lowest BCUT2D eigenvalue weighted by molar-refractivity contribution is 0.492. The Bertz CT molecular complexity index is 274. The van der Waals surface area contributed by atoms with Crippen LogP contribution in [0.1, 0.15) is 66.7 Å². The number of hydrogen-bond acceptors (Lipinski definition) is 0. The van der Waals surface area contributed by atoms with Crippen LogP contribution < -0.4 is 0 Å². The molecule has 0 aliphatic rings. The zero-order valence-electron chi connectivity index (χ0n) is 12.5. The zero-order chi connectivity index (χ0) is 13.3. The van der Waals surface area contributed by atoms with Crippen LogP contribution in [0, 0.1) is 5.92 Å². The average molecular weight is 234 g/mol. The van der Waals surface area contributed by atoms with E-state index in [0.29, 0.717) is 5.92 Å². The number of allylic oxidation sites excluding steroid dienone is 5. The Morgan fingerprint density at radius 1 is 1.06 bits per heavy atom. The number of hydrogen-bond donors (Lipinski definition) is 0. The summed E-state index contributed by atoms with van der Waals surface area (Å²) in [4.78, 5) is 0. The van der Waals surface area contributed by atoms with Gasteiger partial charge in [-0.1, -0.05) is 57.4 Å².